The SMILES string of the molecule is CN=C(NCC1CCCS1)NCC(C)(C)c1ccc2c(c1)OCO2. The highest BCUT2D eigenvalue weighted by atomic mass is 32.2. The third kappa shape index (κ3) is 4.09. The molecule has 1 aromatic carbocycles. The number of benzene rings is 1. The Bertz CT molecular complexity index is 598. The van der Waals surface area contributed by atoms with Gasteiger partial charge in [0.25, 0.3) is 0 Å². The first kappa shape index (κ1) is 17.3. The fraction of sp³-hybridized carbons (Fsp3) is 0.611. The molecule has 1 fully saturated rings. The van der Waals surface area contributed by atoms with Crippen molar-refractivity contribution >= 4 is 17.7 Å². The Morgan fingerprint density at radius 1 is 1.29 bits per heavy atom. The van der Waals surface area contributed by atoms with Crippen LogP contribution in [0.2, 0.25) is 0 Å². The van der Waals surface area contributed by atoms with Crippen molar-refractivity contribution in [2.24, 2.45) is 4.99 Å². The number of hydrogen-bond acceptors (Lipinski definition) is 4. The lowest BCUT2D eigenvalue weighted by Gasteiger charge is -2.27. The Balaban J connectivity index is 1.55. The van der Waals surface area contributed by atoms with Gasteiger partial charge < -0.3 is 20.1 Å². The maximum Gasteiger partial charge on any atom is 0.231 e. The quantitative estimate of drug-likeness (QED) is 0.632. The van der Waals surface area contributed by atoms with Crippen molar-refractivity contribution in [2.75, 3.05) is 32.7 Å². The predicted octanol–water partition coefficient (Wildman–Crippen LogP) is 2.75. The maximum atomic E-state index is 5.50. The van der Waals surface area contributed by atoms with Crippen molar-refractivity contribution in [1.29, 1.82) is 0 Å². The molecule has 5 nitrogen and oxygen atoms in total. The Kier molecular flexibility index (Phi) is 5.43. The molecule has 1 atom stereocenters. The van der Waals surface area contributed by atoms with Crippen molar-refractivity contribution in [1.82, 2.24) is 10.6 Å². The second-order valence-corrected chi connectivity index (χ2v) is 8.30. The van der Waals surface area contributed by atoms with Gasteiger partial charge in [0, 0.05) is 30.8 Å². The molecule has 0 aliphatic carbocycles. The summed E-state index contributed by atoms with van der Waals surface area (Å²) in [6.45, 7) is 6.53. The minimum Gasteiger partial charge on any atom is -0.454 e. The van der Waals surface area contributed by atoms with Crippen LogP contribution in [0.15, 0.2) is 23.2 Å². The zero-order valence-electron chi connectivity index (χ0n) is 14.7. The van der Waals surface area contributed by atoms with Crippen LogP contribution in [0.5, 0.6) is 11.5 Å². The van der Waals surface area contributed by atoms with Crippen LogP contribution in [0.3, 0.4) is 0 Å². The molecule has 24 heavy (non-hydrogen) atoms. The number of rotatable bonds is 5. The lowest BCUT2D eigenvalue weighted by Crippen LogP contribution is -2.45. The van der Waals surface area contributed by atoms with Crippen LogP contribution >= 0.6 is 11.8 Å². The highest BCUT2D eigenvalue weighted by molar-refractivity contribution is 8.00. The maximum absolute atomic E-state index is 5.50. The molecule has 0 bridgehead atoms. The average Bonchev–Trinajstić information content (AvgIpc) is 3.25. The first-order valence-corrected chi connectivity index (χ1v) is 9.59. The van der Waals surface area contributed by atoms with Gasteiger partial charge in [-0.3, -0.25) is 4.99 Å². The zero-order valence-corrected chi connectivity index (χ0v) is 15.5. The minimum atomic E-state index is -0.0410. The van der Waals surface area contributed by atoms with Crippen LogP contribution in [0.25, 0.3) is 0 Å². The van der Waals surface area contributed by atoms with Crippen molar-refractivity contribution in [3.8, 4) is 11.5 Å². The van der Waals surface area contributed by atoms with Crippen molar-refractivity contribution in [3.05, 3.63) is 23.8 Å². The number of guanidine groups is 1. The summed E-state index contributed by atoms with van der Waals surface area (Å²) in [5, 5.41) is 7.62. The zero-order chi connectivity index (χ0) is 17.0. The molecule has 0 radical (unpaired) electrons. The van der Waals surface area contributed by atoms with Crippen molar-refractivity contribution < 1.29 is 9.47 Å². The molecule has 132 valence electrons. The second-order valence-electron chi connectivity index (χ2n) is 6.89. The van der Waals surface area contributed by atoms with Gasteiger partial charge in [0.15, 0.2) is 17.5 Å². The van der Waals surface area contributed by atoms with E-state index in [0.717, 1.165) is 30.5 Å². The first-order chi connectivity index (χ1) is 11.6. The fourth-order valence-electron chi connectivity index (χ4n) is 2.96. The molecule has 2 heterocycles. The average molecular weight is 350 g/mol. The number of ether oxygens (including phenoxy) is 2. The van der Waals surface area contributed by atoms with Gasteiger partial charge in [0.05, 0.1) is 0 Å². The molecule has 0 spiro atoms. The summed E-state index contributed by atoms with van der Waals surface area (Å²) >= 11 is 2.06. The van der Waals surface area contributed by atoms with E-state index < -0.39 is 0 Å². The summed E-state index contributed by atoms with van der Waals surface area (Å²) in [6.07, 6.45) is 2.64. The van der Waals surface area contributed by atoms with E-state index in [4.69, 9.17) is 9.47 Å². The lowest BCUT2D eigenvalue weighted by atomic mass is 9.84. The summed E-state index contributed by atoms with van der Waals surface area (Å²) in [6, 6.07) is 6.18. The van der Waals surface area contributed by atoms with Gasteiger partial charge in [-0.05, 0) is 36.3 Å². The summed E-state index contributed by atoms with van der Waals surface area (Å²) in [5.41, 5.74) is 1.18. The molecule has 0 saturated carbocycles. The second kappa shape index (κ2) is 7.55. The summed E-state index contributed by atoms with van der Waals surface area (Å²) < 4.78 is 10.9. The molecule has 0 amide bonds. The topological polar surface area (TPSA) is 54.9 Å². The van der Waals surface area contributed by atoms with Crippen LogP contribution in [-0.2, 0) is 5.41 Å². The Labute approximate surface area is 148 Å². The monoisotopic (exact) mass is 349 g/mol. The number of nitrogens with one attached hydrogen (secondary N) is 2. The van der Waals surface area contributed by atoms with Gasteiger partial charge in [-0.1, -0.05) is 19.9 Å². The standard InChI is InChI=1S/C18H27N3O2S/c1-18(2,13-6-7-15-16(9-13)23-12-22-15)11-21-17(19-3)20-10-14-5-4-8-24-14/h6-7,9,14H,4-5,8,10-12H2,1-3H3,(H2,19,20,21). The molecular weight excluding hydrogens is 322 g/mol. The van der Waals surface area contributed by atoms with E-state index in [2.05, 4.69) is 53.4 Å². The van der Waals surface area contributed by atoms with E-state index in [-0.39, 0.29) is 5.41 Å². The summed E-state index contributed by atoms with van der Waals surface area (Å²) in [5.74, 6) is 3.82. The van der Waals surface area contributed by atoms with E-state index in [1.807, 2.05) is 13.1 Å². The normalized spacial score (nSPS) is 20.3. The van der Waals surface area contributed by atoms with Crippen molar-refractivity contribution in [2.45, 2.75) is 37.4 Å². The third-order valence-electron chi connectivity index (χ3n) is 4.60. The van der Waals surface area contributed by atoms with Gasteiger partial charge in [-0.15, -0.1) is 0 Å². The molecule has 6 heteroatoms. The molecule has 0 aromatic heterocycles. The minimum absolute atomic E-state index is 0.0410. The third-order valence-corrected chi connectivity index (χ3v) is 5.99. The largest absolute Gasteiger partial charge is 0.454 e. The van der Waals surface area contributed by atoms with E-state index in [9.17, 15) is 0 Å². The van der Waals surface area contributed by atoms with Gasteiger partial charge in [-0.2, -0.15) is 11.8 Å². The van der Waals surface area contributed by atoms with Gasteiger partial charge in [0.1, 0.15) is 0 Å². The molecular formula is C18H27N3O2S. The first-order valence-electron chi connectivity index (χ1n) is 8.55. The molecule has 2 aliphatic heterocycles. The number of thioether (sulfide) groups is 1. The number of aliphatic imine (C=N–C) groups is 1. The van der Waals surface area contributed by atoms with Gasteiger partial charge in [-0.25, -0.2) is 0 Å². The highest BCUT2D eigenvalue weighted by Gasteiger charge is 2.24. The number of nitrogens with zero attached hydrogens (tertiary/aromatic N) is 1. The van der Waals surface area contributed by atoms with Crippen LogP contribution in [0.1, 0.15) is 32.3 Å². The van der Waals surface area contributed by atoms with E-state index in [1.165, 1.54) is 24.2 Å². The Morgan fingerprint density at radius 3 is 2.88 bits per heavy atom. The molecule has 1 unspecified atom stereocenters. The van der Waals surface area contributed by atoms with Gasteiger partial charge >= 0.3 is 0 Å². The van der Waals surface area contributed by atoms with E-state index in [0.29, 0.717) is 12.0 Å². The van der Waals surface area contributed by atoms with Crippen LogP contribution in [0.4, 0.5) is 0 Å². The molecule has 2 aliphatic rings. The lowest BCUT2D eigenvalue weighted by molar-refractivity contribution is 0.174. The molecule has 1 saturated heterocycles. The summed E-state index contributed by atoms with van der Waals surface area (Å²) in [7, 11) is 1.82. The van der Waals surface area contributed by atoms with Crippen LogP contribution in [-0.4, -0.2) is 43.9 Å². The number of hydrogen-bond donors (Lipinski definition) is 2. The predicted molar refractivity (Wildman–Crippen MR) is 100 cm³/mol. The molecule has 3 rings (SSSR count). The van der Waals surface area contributed by atoms with E-state index in [1.54, 1.807) is 0 Å². The Hall–Kier alpha value is -1.56. The van der Waals surface area contributed by atoms with Gasteiger partial charge in [0.2, 0.25) is 6.79 Å². The summed E-state index contributed by atoms with van der Waals surface area (Å²) in [4.78, 5) is 4.34. The number of fused-ring (bicyclic) bond motifs is 1. The fourth-order valence-corrected chi connectivity index (χ4v) is 4.16. The smallest absolute Gasteiger partial charge is 0.231 e. The van der Waals surface area contributed by atoms with E-state index >= 15 is 0 Å². The molecule has 2 N–H and O–H groups in total. The molecule has 1 aromatic rings. The van der Waals surface area contributed by atoms with Crippen molar-refractivity contribution in [3.63, 3.8) is 0 Å². The van der Waals surface area contributed by atoms with Crippen LogP contribution < -0.4 is 20.1 Å². The Morgan fingerprint density at radius 2 is 2.12 bits per heavy atom. The highest BCUT2D eigenvalue weighted by Crippen LogP contribution is 2.36. The van der Waals surface area contributed by atoms with Crippen LogP contribution in [0, 0.1) is 0 Å².